The van der Waals surface area contributed by atoms with Gasteiger partial charge in [0.1, 0.15) is 11.3 Å². The number of benzene rings is 1. The third-order valence-corrected chi connectivity index (χ3v) is 4.19. The Kier molecular flexibility index (Phi) is 4.81. The van der Waals surface area contributed by atoms with Crippen molar-refractivity contribution in [2.45, 2.75) is 6.36 Å². The van der Waals surface area contributed by atoms with Crippen LogP contribution in [0.5, 0.6) is 5.75 Å². The van der Waals surface area contributed by atoms with Gasteiger partial charge in [-0.3, -0.25) is 9.59 Å². The number of thiophene rings is 1. The number of halogens is 3. The zero-order valence-corrected chi connectivity index (χ0v) is 13.8. The topological polar surface area (TPSA) is 71.2 Å². The minimum absolute atomic E-state index is 0.110. The first kappa shape index (κ1) is 17.7. The molecule has 0 fully saturated rings. The summed E-state index contributed by atoms with van der Waals surface area (Å²) in [6, 6.07) is 11.3. The number of aromatic nitrogens is 1. The predicted molar refractivity (Wildman–Crippen MR) is 91.5 cm³/mol. The molecule has 2 aromatic heterocycles. The molecule has 2 N–H and O–H groups in total. The summed E-state index contributed by atoms with van der Waals surface area (Å²) in [4.78, 5) is 27.8. The fourth-order valence-electron chi connectivity index (χ4n) is 2.17. The summed E-state index contributed by atoms with van der Waals surface area (Å²) in [6.07, 6.45) is -4.79. The highest BCUT2D eigenvalue weighted by molar-refractivity contribution is 7.13. The first-order valence-corrected chi connectivity index (χ1v) is 8.14. The van der Waals surface area contributed by atoms with Crippen LogP contribution in [-0.2, 0) is 0 Å². The average molecular weight is 380 g/mol. The lowest BCUT2D eigenvalue weighted by molar-refractivity contribution is -0.274. The van der Waals surface area contributed by atoms with E-state index in [0.29, 0.717) is 5.69 Å². The van der Waals surface area contributed by atoms with Crippen molar-refractivity contribution >= 4 is 22.9 Å². The van der Waals surface area contributed by atoms with Crippen LogP contribution in [-0.4, -0.2) is 17.3 Å². The molecule has 0 atom stereocenters. The van der Waals surface area contributed by atoms with Crippen molar-refractivity contribution in [3.63, 3.8) is 0 Å². The number of carbonyl (C=O) groups excluding carboxylic acids is 1. The van der Waals surface area contributed by atoms with Gasteiger partial charge in [-0.15, -0.1) is 24.5 Å². The normalized spacial score (nSPS) is 11.2. The van der Waals surface area contributed by atoms with Crippen molar-refractivity contribution in [3.05, 3.63) is 69.8 Å². The molecule has 0 saturated heterocycles. The molecule has 1 aromatic carbocycles. The maximum atomic E-state index is 12.2. The second-order valence-corrected chi connectivity index (χ2v) is 6.07. The Morgan fingerprint density at radius 3 is 2.38 bits per heavy atom. The minimum Gasteiger partial charge on any atom is -0.406 e. The quantitative estimate of drug-likeness (QED) is 0.711. The Balaban J connectivity index is 1.73. The van der Waals surface area contributed by atoms with Gasteiger partial charge in [0, 0.05) is 5.69 Å². The standard InChI is InChI=1S/C17H11F3N2O3S/c18-17(19,20)25-11-5-3-10(4-6-11)21-15(23)12-7-8-13(22-16(12)24)14-2-1-9-26-14/h1-9H,(H,21,23)(H,22,24). The highest BCUT2D eigenvalue weighted by atomic mass is 32.1. The molecule has 0 saturated carbocycles. The maximum Gasteiger partial charge on any atom is 0.573 e. The van der Waals surface area contributed by atoms with Crippen molar-refractivity contribution in [1.82, 2.24) is 4.98 Å². The second-order valence-electron chi connectivity index (χ2n) is 5.12. The number of amides is 1. The van der Waals surface area contributed by atoms with E-state index >= 15 is 0 Å². The van der Waals surface area contributed by atoms with Gasteiger partial charge < -0.3 is 15.0 Å². The molecule has 0 aliphatic heterocycles. The summed E-state index contributed by atoms with van der Waals surface area (Å²) in [5, 5.41) is 4.31. The number of alkyl halides is 3. The van der Waals surface area contributed by atoms with Gasteiger partial charge in [-0.25, -0.2) is 0 Å². The van der Waals surface area contributed by atoms with E-state index in [2.05, 4.69) is 15.0 Å². The highest BCUT2D eigenvalue weighted by Gasteiger charge is 2.31. The largest absolute Gasteiger partial charge is 0.573 e. The summed E-state index contributed by atoms with van der Waals surface area (Å²) in [5.41, 5.74) is 0.146. The van der Waals surface area contributed by atoms with Gasteiger partial charge in [0.15, 0.2) is 0 Å². The number of H-pyrrole nitrogens is 1. The number of carbonyl (C=O) groups is 1. The highest BCUT2D eigenvalue weighted by Crippen LogP contribution is 2.24. The van der Waals surface area contributed by atoms with Crippen LogP contribution >= 0.6 is 11.3 Å². The Morgan fingerprint density at radius 2 is 1.81 bits per heavy atom. The van der Waals surface area contributed by atoms with E-state index in [1.807, 2.05) is 17.5 Å². The summed E-state index contributed by atoms with van der Waals surface area (Å²) < 4.78 is 40.1. The van der Waals surface area contributed by atoms with Crippen LogP contribution in [0.25, 0.3) is 10.6 Å². The van der Waals surface area contributed by atoms with Crippen LogP contribution in [0.2, 0.25) is 0 Å². The molecule has 0 radical (unpaired) electrons. The minimum atomic E-state index is -4.79. The number of hydrogen-bond donors (Lipinski definition) is 2. The van der Waals surface area contributed by atoms with Gasteiger partial charge in [0.25, 0.3) is 11.5 Å². The number of nitrogens with one attached hydrogen (secondary N) is 2. The molecule has 2 heterocycles. The summed E-state index contributed by atoms with van der Waals surface area (Å²) in [6.45, 7) is 0. The second kappa shape index (κ2) is 7.04. The van der Waals surface area contributed by atoms with E-state index in [-0.39, 0.29) is 11.3 Å². The number of anilines is 1. The van der Waals surface area contributed by atoms with E-state index in [4.69, 9.17) is 0 Å². The van der Waals surface area contributed by atoms with Crippen molar-refractivity contribution in [2.24, 2.45) is 0 Å². The fourth-order valence-corrected chi connectivity index (χ4v) is 2.87. The summed E-state index contributed by atoms with van der Waals surface area (Å²) in [5.74, 6) is -1.08. The van der Waals surface area contributed by atoms with Crippen molar-refractivity contribution < 1.29 is 22.7 Å². The molecule has 1 amide bonds. The van der Waals surface area contributed by atoms with Gasteiger partial charge in [0.05, 0.1) is 10.6 Å². The number of ether oxygens (including phenoxy) is 1. The van der Waals surface area contributed by atoms with Gasteiger partial charge in [-0.2, -0.15) is 0 Å². The molecule has 3 aromatic rings. The summed E-state index contributed by atoms with van der Waals surface area (Å²) in [7, 11) is 0. The van der Waals surface area contributed by atoms with Crippen LogP contribution in [0.3, 0.4) is 0 Å². The van der Waals surface area contributed by atoms with E-state index < -0.39 is 23.6 Å². The number of aromatic amines is 1. The van der Waals surface area contributed by atoms with Gasteiger partial charge in [-0.1, -0.05) is 6.07 Å². The van der Waals surface area contributed by atoms with Crippen LogP contribution in [0.1, 0.15) is 10.4 Å². The molecular weight excluding hydrogens is 369 g/mol. The van der Waals surface area contributed by atoms with Crippen molar-refractivity contribution in [1.29, 1.82) is 0 Å². The average Bonchev–Trinajstić information content (AvgIpc) is 3.09. The molecule has 9 heteroatoms. The van der Waals surface area contributed by atoms with Crippen LogP contribution in [0, 0.1) is 0 Å². The first-order chi connectivity index (χ1) is 12.3. The Labute approximate surface area is 149 Å². The molecule has 0 aliphatic carbocycles. The molecule has 0 unspecified atom stereocenters. The van der Waals surface area contributed by atoms with E-state index in [1.54, 1.807) is 6.07 Å². The Hall–Kier alpha value is -3.07. The molecule has 134 valence electrons. The lowest BCUT2D eigenvalue weighted by atomic mass is 10.2. The number of hydrogen-bond acceptors (Lipinski definition) is 4. The molecule has 0 bridgehead atoms. The molecule has 26 heavy (non-hydrogen) atoms. The van der Waals surface area contributed by atoms with Gasteiger partial charge >= 0.3 is 6.36 Å². The van der Waals surface area contributed by atoms with Crippen molar-refractivity contribution in [3.8, 4) is 16.3 Å². The van der Waals surface area contributed by atoms with Crippen molar-refractivity contribution in [2.75, 3.05) is 5.32 Å². The van der Waals surface area contributed by atoms with Crippen LogP contribution < -0.4 is 15.6 Å². The molecule has 3 rings (SSSR count). The fraction of sp³-hybridized carbons (Fsp3) is 0.0588. The Bertz CT molecular complexity index is 964. The molecule has 0 aliphatic rings. The predicted octanol–water partition coefficient (Wildman–Crippen LogP) is 4.25. The van der Waals surface area contributed by atoms with Crippen LogP contribution in [0.4, 0.5) is 18.9 Å². The van der Waals surface area contributed by atoms with E-state index in [0.717, 1.165) is 17.0 Å². The van der Waals surface area contributed by atoms with E-state index in [9.17, 15) is 22.8 Å². The summed E-state index contributed by atoms with van der Waals surface area (Å²) >= 11 is 1.44. The smallest absolute Gasteiger partial charge is 0.406 e. The molecular formula is C17H11F3N2O3S. The third-order valence-electron chi connectivity index (χ3n) is 3.29. The molecule has 0 spiro atoms. The molecule has 5 nitrogen and oxygen atoms in total. The van der Waals surface area contributed by atoms with E-state index in [1.165, 1.54) is 29.5 Å². The Morgan fingerprint density at radius 1 is 1.08 bits per heavy atom. The zero-order chi connectivity index (χ0) is 18.7. The number of rotatable bonds is 4. The lowest BCUT2D eigenvalue weighted by Gasteiger charge is -2.10. The SMILES string of the molecule is O=C(Nc1ccc(OC(F)(F)F)cc1)c1ccc(-c2cccs2)[nH]c1=O. The zero-order valence-electron chi connectivity index (χ0n) is 13.0. The van der Waals surface area contributed by atoms with Crippen LogP contribution in [0.15, 0.2) is 58.7 Å². The first-order valence-electron chi connectivity index (χ1n) is 7.26. The lowest BCUT2D eigenvalue weighted by Crippen LogP contribution is -2.23. The third kappa shape index (κ3) is 4.31. The maximum absolute atomic E-state index is 12.2. The van der Waals surface area contributed by atoms with Gasteiger partial charge in [0.2, 0.25) is 0 Å². The van der Waals surface area contributed by atoms with Gasteiger partial charge in [-0.05, 0) is 47.8 Å². The number of pyridine rings is 1. The monoisotopic (exact) mass is 380 g/mol.